The maximum absolute atomic E-state index is 12.9. The Labute approximate surface area is 168 Å². The summed E-state index contributed by atoms with van der Waals surface area (Å²) < 4.78 is 16.7. The minimum absolute atomic E-state index is 0.216. The first kappa shape index (κ1) is 24.0. The molecule has 0 fully saturated rings. The van der Waals surface area contributed by atoms with Crippen LogP contribution < -0.4 is 10.1 Å². The third-order valence-electron chi connectivity index (χ3n) is 4.31. The number of nitrogens with one attached hydrogen (secondary N) is 1. The van der Waals surface area contributed by atoms with Crippen LogP contribution in [0.25, 0.3) is 0 Å². The predicted octanol–water partition coefficient (Wildman–Crippen LogP) is 4.97. The topological polar surface area (TPSA) is 73.9 Å². The van der Waals surface area contributed by atoms with Gasteiger partial charge in [-0.1, -0.05) is 33.6 Å². The van der Waals surface area contributed by atoms with E-state index in [4.69, 9.17) is 14.2 Å². The minimum atomic E-state index is -0.909. The molecule has 0 saturated heterocycles. The maximum Gasteiger partial charge on any atom is 0.341 e. The van der Waals surface area contributed by atoms with Gasteiger partial charge in [0.1, 0.15) is 16.9 Å². The van der Waals surface area contributed by atoms with Crippen molar-refractivity contribution in [1.82, 2.24) is 0 Å². The van der Waals surface area contributed by atoms with E-state index in [-0.39, 0.29) is 12.5 Å². The fraction of sp³-hybridized carbons (Fsp3) is 0.636. The smallest absolute Gasteiger partial charge is 0.341 e. The molecule has 0 aliphatic carbocycles. The molecule has 158 valence electrons. The molecular formula is C22H35NO5. The van der Waals surface area contributed by atoms with E-state index in [1.165, 1.54) is 0 Å². The molecule has 0 aliphatic rings. The summed E-state index contributed by atoms with van der Waals surface area (Å²) in [6.07, 6.45) is 4.18. The van der Waals surface area contributed by atoms with Gasteiger partial charge in [0.2, 0.25) is 0 Å². The third-order valence-corrected chi connectivity index (χ3v) is 4.31. The van der Waals surface area contributed by atoms with Crippen molar-refractivity contribution in [3.8, 4) is 5.75 Å². The lowest BCUT2D eigenvalue weighted by Crippen LogP contribution is -2.43. The van der Waals surface area contributed by atoms with E-state index in [1.54, 1.807) is 25.1 Å². The van der Waals surface area contributed by atoms with Gasteiger partial charge in [-0.15, -0.1) is 0 Å². The van der Waals surface area contributed by atoms with Crippen LogP contribution in [0.3, 0.4) is 0 Å². The van der Waals surface area contributed by atoms with Gasteiger partial charge in [0.05, 0.1) is 13.2 Å². The highest BCUT2D eigenvalue weighted by atomic mass is 16.5. The van der Waals surface area contributed by atoms with Crippen molar-refractivity contribution in [2.75, 3.05) is 25.1 Å². The number of amides is 1. The average Bonchev–Trinajstić information content (AvgIpc) is 2.69. The summed E-state index contributed by atoms with van der Waals surface area (Å²) in [5.41, 5.74) is -0.0920. The van der Waals surface area contributed by atoms with Crippen LogP contribution in [0.4, 0.5) is 5.69 Å². The van der Waals surface area contributed by atoms with E-state index < -0.39 is 11.6 Å². The lowest BCUT2D eigenvalue weighted by Gasteiger charge is -2.28. The van der Waals surface area contributed by atoms with Crippen molar-refractivity contribution in [1.29, 1.82) is 0 Å². The summed E-state index contributed by atoms with van der Waals surface area (Å²) in [6, 6.07) is 5.01. The molecule has 0 aromatic heterocycles. The zero-order valence-electron chi connectivity index (χ0n) is 17.9. The fourth-order valence-electron chi connectivity index (χ4n) is 2.67. The van der Waals surface area contributed by atoms with Crippen LogP contribution in [0, 0.1) is 0 Å². The van der Waals surface area contributed by atoms with Crippen molar-refractivity contribution in [2.24, 2.45) is 0 Å². The fourth-order valence-corrected chi connectivity index (χ4v) is 2.67. The van der Waals surface area contributed by atoms with Crippen LogP contribution >= 0.6 is 0 Å². The molecule has 0 heterocycles. The molecule has 1 amide bonds. The number of rotatable bonds is 13. The van der Waals surface area contributed by atoms with E-state index in [0.29, 0.717) is 36.6 Å². The molecule has 0 saturated carbocycles. The number of hydrogen-bond donors (Lipinski definition) is 1. The highest BCUT2D eigenvalue weighted by Crippen LogP contribution is 2.27. The van der Waals surface area contributed by atoms with E-state index in [2.05, 4.69) is 12.2 Å². The van der Waals surface area contributed by atoms with E-state index in [1.807, 2.05) is 20.8 Å². The first-order chi connectivity index (χ1) is 13.4. The van der Waals surface area contributed by atoms with E-state index >= 15 is 0 Å². The molecule has 6 heteroatoms. The Bertz CT molecular complexity index is 621. The molecule has 6 nitrogen and oxygen atoms in total. The molecule has 1 aromatic carbocycles. The van der Waals surface area contributed by atoms with Crippen LogP contribution in [0.2, 0.25) is 0 Å². The molecular weight excluding hydrogens is 358 g/mol. The van der Waals surface area contributed by atoms with Gasteiger partial charge >= 0.3 is 5.97 Å². The van der Waals surface area contributed by atoms with Crippen molar-refractivity contribution >= 4 is 17.6 Å². The van der Waals surface area contributed by atoms with Gasteiger partial charge in [-0.3, -0.25) is 4.79 Å². The number of carbonyl (C=O) groups excluding carboxylic acids is 2. The highest BCUT2D eigenvalue weighted by Gasteiger charge is 2.33. The van der Waals surface area contributed by atoms with Crippen molar-refractivity contribution in [3.63, 3.8) is 0 Å². The monoisotopic (exact) mass is 393 g/mol. The molecule has 1 atom stereocenters. The van der Waals surface area contributed by atoms with E-state index in [9.17, 15) is 9.59 Å². The van der Waals surface area contributed by atoms with Gasteiger partial charge in [-0.2, -0.15) is 0 Å². The number of esters is 1. The Hall–Kier alpha value is -2.08. The van der Waals surface area contributed by atoms with Crippen LogP contribution in [0.1, 0.15) is 77.1 Å². The number of ether oxygens (including phenoxy) is 3. The van der Waals surface area contributed by atoms with Crippen LogP contribution in [-0.4, -0.2) is 37.3 Å². The summed E-state index contributed by atoms with van der Waals surface area (Å²) in [5, 5.41) is 2.89. The normalized spacial score (nSPS) is 12.9. The molecule has 1 aromatic rings. The van der Waals surface area contributed by atoms with Crippen LogP contribution in [0.5, 0.6) is 5.75 Å². The first-order valence-electron chi connectivity index (χ1n) is 10.3. The van der Waals surface area contributed by atoms with Crippen molar-refractivity contribution in [2.45, 2.75) is 72.3 Å². The number of benzene rings is 1. The zero-order valence-corrected chi connectivity index (χ0v) is 17.9. The summed E-state index contributed by atoms with van der Waals surface area (Å²) in [4.78, 5) is 25.2. The van der Waals surface area contributed by atoms with Gasteiger partial charge in [0.15, 0.2) is 0 Å². The SMILES string of the molecule is CCCC[C@@](C)(OCCC)C(=O)Nc1ccc(OCCC)c(C(=O)OCC)c1. The van der Waals surface area contributed by atoms with Gasteiger partial charge in [0.25, 0.3) is 5.91 Å². The Morgan fingerprint density at radius 2 is 1.75 bits per heavy atom. The molecule has 0 radical (unpaired) electrons. The maximum atomic E-state index is 12.9. The third kappa shape index (κ3) is 7.15. The summed E-state index contributed by atoms with van der Waals surface area (Å²) >= 11 is 0. The lowest BCUT2D eigenvalue weighted by atomic mass is 9.97. The van der Waals surface area contributed by atoms with Gasteiger partial charge in [-0.05, 0) is 51.3 Å². The Balaban J connectivity index is 3.05. The van der Waals surface area contributed by atoms with Crippen LogP contribution in [0.15, 0.2) is 18.2 Å². The Morgan fingerprint density at radius 1 is 1.04 bits per heavy atom. The highest BCUT2D eigenvalue weighted by molar-refractivity contribution is 5.99. The molecule has 0 aliphatic heterocycles. The second kappa shape index (κ2) is 12.4. The second-order valence-corrected chi connectivity index (χ2v) is 6.92. The molecule has 28 heavy (non-hydrogen) atoms. The predicted molar refractivity (Wildman–Crippen MR) is 111 cm³/mol. The summed E-state index contributed by atoms with van der Waals surface area (Å²) in [5.74, 6) is -0.235. The Morgan fingerprint density at radius 3 is 2.36 bits per heavy atom. The van der Waals surface area contributed by atoms with Crippen molar-refractivity contribution in [3.05, 3.63) is 23.8 Å². The summed E-state index contributed by atoms with van der Waals surface area (Å²) in [7, 11) is 0. The van der Waals surface area contributed by atoms with Gasteiger partial charge in [0, 0.05) is 12.3 Å². The number of carbonyl (C=O) groups is 2. The summed E-state index contributed by atoms with van der Waals surface area (Å²) in [6.45, 7) is 10.9. The number of hydrogen-bond acceptors (Lipinski definition) is 5. The molecule has 0 spiro atoms. The second-order valence-electron chi connectivity index (χ2n) is 6.92. The van der Waals surface area contributed by atoms with Crippen molar-refractivity contribution < 1.29 is 23.8 Å². The number of unbranched alkanes of at least 4 members (excludes halogenated alkanes) is 1. The first-order valence-corrected chi connectivity index (χ1v) is 10.3. The molecule has 1 rings (SSSR count). The van der Waals surface area contributed by atoms with Crippen LogP contribution in [-0.2, 0) is 14.3 Å². The lowest BCUT2D eigenvalue weighted by molar-refractivity contribution is -0.140. The molecule has 0 unspecified atom stereocenters. The largest absolute Gasteiger partial charge is 0.493 e. The van der Waals surface area contributed by atoms with Gasteiger partial charge < -0.3 is 19.5 Å². The molecule has 0 bridgehead atoms. The average molecular weight is 394 g/mol. The quantitative estimate of drug-likeness (QED) is 0.479. The zero-order chi connectivity index (χ0) is 21.0. The van der Waals surface area contributed by atoms with E-state index in [0.717, 1.165) is 25.7 Å². The standard InChI is InChI=1S/C22H35NO5/c1-6-10-13-22(5,28-15-8-3)21(25)23-17-11-12-19(27-14-7-2)18(16-17)20(24)26-9-4/h11-12,16H,6-10,13-15H2,1-5H3,(H,23,25)/t22-/m1/s1. The van der Waals surface area contributed by atoms with Gasteiger partial charge in [-0.25, -0.2) is 4.79 Å². The minimum Gasteiger partial charge on any atom is -0.493 e. The Kier molecular flexibility index (Phi) is 10.6. The number of anilines is 1. The molecule has 1 N–H and O–H groups in total.